The van der Waals surface area contributed by atoms with Crippen molar-refractivity contribution < 1.29 is 8.42 Å². The molecule has 4 heteroatoms. The Bertz CT molecular complexity index is 1000. The number of aryl methyl sites for hydroxylation is 1. The van der Waals surface area contributed by atoms with E-state index in [0.717, 1.165) is 16.5 Å². The number of hydrogen-bond acceptors (Lipinski definition) is 2. The number of nitrogens with zero attached hydrogens (tertiary/aromatic N) is 1. The lowest BCUT2D eigenvalue weighted by molar-refractivity contribution is 0.589. The molecule has 1 aromatic heterocycles. The molecule has 3 nitrogen and oxygen atoms in total. The molecule has 0 atom stereocenters. The summed E-state index contributed by atoms with van der Waals surface area (Å²) in [5, 5.41) is 0.857. The molecule has 0 saturated heterocycles. The van der Waals surface area contributed by atoms with Gasteiger partial charge in [0.1, 0.15) is 0 Å². The average molecular weight is 309 g/mol. The van der Waals surface area contributed by atoms with Gasteiger partial charge in [0.2, 0.25) is 0 Å². The van der Waals surface area contributed by atoms with Crippen molar-refractivity contribution >= 4 is 20.9 Å². The fourth-order valence-electron chi connectivity index (χ4n) is 2.37. The highest BCUT2D eigenvalue weighted by Gasteiger charge is 2.18. The summed E-state index contributed by atoms with van der Waals surface area (Å²) in [7, 11) is -3.58. The molecule has 3 rings (SSSR count). The Morgan fingerprint density at radius 3 is 2.41 bits per heavy atom. The Balaban J connectivity index is 2.16. The van der Waals surface area contributed by atoms with Crippen LogP contribution in [0.15, 0.2) is 59.6 Å². The molecular formula is C18H15NO2S. The maximum Gasteiger partial charge on any atom is 0.268 e. The van der Waals surface area contributed by atoms with Gasteiger partial charge in [-0.05, 0) is 50.2 Å². The van der Waals surface area contributed by atoms with Gasteiger partial charge in [-0.25, -0.2) is 12.4 Å². The van der Waals surface area contributed by atoms with E-state index in [0.29, 0.717) is 5.52 Å². The number of rotatable bonds is 2. The topological polar surface area (TPSA) is 39.1 Å². The van der Waals surface area contributed by atoms with Gasteiger partial charge in [0, 0.05) is 17.1 Å². The molecule has 110 valence electrons. The molecule has 0 bridgehead atoms. The highest BCUT2D eigenvalue weighted by atomic mass is 32.2. The summed E-state index contributed by atoms with van der Waals surface area (Å²) in [4.78, 5) is 0.285. The minimum atomic E-state index is -3.58. The summed E-state index contributed by atoms with van der Waals surface area (Å²) in [6.45, 7) is 3.70. The van der Waals surface area contributed by atoms with Crippen LogP contribution >= 0.6 is 0 Å². The van der Waals surface area contributed by atoms with Crippen LogP contribution in [0.5, 0.6) is 0 Å². The first-order chi connectivity index (χ1) is 10.5. The number of benzene rings is 2. The van der Waals surface area contributed by atoms with E-state index in [4.69, 9.17) is 0 Å². The van der Waals surface area contributed by atoms with E-state index < -0.39 is 10.0 Å². The fraction of sp³-hybridized carbons (Fsp3) is 0.111. The van der Waals surface area contributed by atoms with E-state index >= 15 is 0 Å². The molecule has 0 aliphatic heterocycles. The second-order valence-electron chi connectivity index (χ2n) is 5.08. The SMILES string of the molecule is CC#Cc1ccc2c(ccn2S(=O)(=O)c2ccc(C)cc2)c1. The lowest BCUT2D eigenvalue weighted by Gasteiger charge is -2.08. The normalized spacial score (nSPS) is 11.2. The van der Waals surface area contributed by atoms with Crippen molar-refractivity contribution in [2.24, 2.45) is 0 Å². The van der Waals surface area contributed by atoms with Crippen molar-refractivity contribution in [2.45, 2.75) is 18.7 Å². The number of fused-ring (bicyclic) bond motifs is 1. The van der Waals surface area contributed by atoms with Crippen LogP contribution in [0.25, 0.3) is 10.9 Å². The predicted octanol–water partition coefficient (Wildman–Crippen LogP) is 3.56. The molecule has 0 fully saturated rings. The lowest BCUT2D eigenvalue weighted by Crippen LogP contribution is -2.11. The van der Waals surface area contributed by atoms with E-state index in [1.54, 1.807) is 49.5 Å². The van der Waals surface area contributed by atoms with E-state index in [-0.39, 0.29) is 4.90 Å². The second-order valence-corrected chi connectivity index (χ2v) is 6.89. The molecule has 0 spiro atoms. The summed E-state index contributed by atoms with van der Waals surface area (Å²) in [5.74, 6) is 5.82. The van der Waals surface area contributed by atoms with Crippen molar-refractivity contribution in [3.63, 3.8) is 0 Å². The molecule has 2 aromatic carbocycles. The van der Waals surface area contributed by atoms with Crippen molar-refractivity contribution in [1.29, 1.82) is 0 Å². The second kappa shape index (κ2) is 5.36. The zero-order chi connectivity index (χ0) is 15.7. The first-order valence-corrected chi connectivity index (χ1v) is 8.32. The van der Waals surface area contributed by atoms with E-state index in [2.05, 4.69) is 11.8 Å². The highest BCUT2D eigenvalue weighted by Crippen LogP contribution is 2.23. The quantitative estimate of drug-likeness (QED) is 0.679. The third-order valence-electron chi connectivity index (χ3n) is 3.50. The third-order valence-corrected chi connectivity index (χ3v) is 5.21. The molecule has 0 aliphatic rings. The molecule has 3 aromatic rings. The summed E-state index contributed by atoms with van der Waals surface area (Å²) < 4.78 is 26.8. The van der Waals surface area contributed by atoms with Gasteiger partial charge in [-0.1, -0.05) is 23.6 Å². The van der Waals surface area contributed by atoms with Crippen LogP contribution < -0.4 is 0 Å². The fourth-order valence-corrected chi connectivity index (χ4v) is 3.73. The average Bonchev–Trinajstić information content (AvgIpc) is 2.92. The van der Waals surface area contributed by atoms with Crippen molar-refractivity contribution in [2.75, 3.05) is 0 Å². The minimum Gasteiger partial charge on any atom is -0.241 e. The van der Waals surface area contributed by atoms with E-state index in [1.807, 2.05) is 19.1 Å². The van der Waals surface area contributed by atoms with Crippen LogP contribution in [0.4, 0.5) is 0 Å². The van der Waals surface area contributed by atoms with Crippen molar-refractivity contribution in [1.82, 2.24) is 3.97 Å². The molecule has 0 N–H and O–H groups in total. The van der Waals surface area contributed by atoms with Crippen LogP contribution in [-0.4, -0.2) is 12.4 Å². The Morgan fingerprint density at radius 2 is 1.73 bits per heavy atom. The highest BCUT2D eigenvalue weighted by molar-refractivity contribution is 7.90. The third kappa shape index (κ3) is 2.40. The van der Waals surface area contributed by atoms with Gasteiger partial charge in [-0.2, -0.15) is 0 Å². The van der Waals surface area contributed by atoms with Gasteiger partial charge >= 0.3 is 0 Å². The van der Waals surface area contributed by atoms with Crippen molar-refractivity contribution in [3.05, 3.63) is 65.9 Å². The van der Waals surface area contributed by atoms with Crippen LogP contribution in [0.3, 0.4) is 0 Å². The summed E-state index contributed by atoms with van der Waals surface area (Å²) in [6.07, 6.45) is 1.59. The van der Waals surface area contributed by atoms with Gasteiger partial charge in [0.25, 0.3) is 10.0 Å². The Labute approximate surface area is 130 Å². The predicted molar refractivity (Wildman–Crippen MR) is 88.3 cm³/mol. The van der Waals surface area contributed by atoms with Crippen LogP contribution in [0.2, 0.25) is 0 Å². The lowest BCUT2D eigenvalue weighted by atomic mass is 10.2. The molecule has 0 amide bonds. The first kappa shape index (κ1) is 14.4. The zero-order valence-corrected chi connectivity index (χ0v) is 13.2. The first-order valence-electron chi connectivity index (χ1n) is 6.88. The summed E-state index contributed by atoms with van der Waals surface area (Å²) >= 11 is 0. The maximum absolute atomic E-state index is 12.8. The van der Waals surface area contributed by atoms with Crippen LogP contribution in [0, 0.1) is 18.8 Å². The number of hydrogen-bond donors (Lipinski definition) is 0. The molecule has 1 heterocycles. The standard InChI is InChI=1S/C18H15NO2S/c1-3-4-15-7-10-18-16(13-15)11-12-19(18)22(20,21)17-8-5-14(2)6-9-17/h5-13H,1-2H3. The van der Waals surface area contributed by atoms with Crippen LogP contribution in [0.1, 0.15) is 18.1 Å². The summed E-state index contributed by atoms with van der Waals surface area (Å²) in [5.41, 5.74) is 2.56. The molecule has 0 saturated carbocycles. The maximum atomic E-state index is 12.8. The van der Waals surface area contributed by atoms with Gasteiger partial charge in [-0.3, -0.25) is 0 Å². The van der Waals surface area contributed by atoms with E-state index in [9.17, 15) is 8.42 Å². The molecule has 0 unspecified atom stereocenters. The van der Waals surface area contributed by atoms with Crippen LogP contribution in [-0.2, 0) is 10.0 Å². The molecule has 0 radical (unpaired) electrons. The van der Waals surface area contributed by atoms with Gasteiger partial charge in [0.05, 0.1) is 10.4 Å². The van der Waals surface area contributed by atoms with Gasteiger partial charge < -0.3 is 0 Å². The smallest absolute Gasteiger partial charge is 0.241 e. The molecule has 0 aliphatic carbocycles. The van der Waals surface area contributed by atoms with Crippen molar-refractivity contribution in [3.8, 4) is 11.8 Å². The Morgan fingerprint density at radius 1 is 1.00 bits per heavy atom. The zero-order valence-electron chi connectivity index (χ0n) is 12.4. The minimum absolute atomic E-state index is 0.285. The van der Waals surface area contributed by atoms with Gasteiger partial charge in [-0.15, -0.1) is 5.92 Å². The summed E-state index contributed by atoms with van der Waals surface area (Å²) in [6, 6.07) is 14.2. The Kier molecular flexibility index (Phi) is 3.51. The number of aromatic nitrogens is 1. The Hall–Kier alpha value is -2.51. The largest absolute Gasteiger partial charge is 0.268 e. The van der Waals surface area contributed by atoms with Gasteiger partial charge in [0.15, 0.2) is 0 Å². The monoisotopic (exact) mass is 309 g/mol. The molecule has 22 heavy (non-hydrogen) atoms. The van der Waals surface area contributed by atoms with E-state index in [1.165, 1.54) is 3.97 Å². The molecular weight excluding hydrogens is 294 g/mol.